The molecule has 0 N–H and O–H groups in total. The van der Waals surface area contributed by atoms with Crippen LogP contribution in [0, 0.1) is 5.82 Å². The molecule has 0 aliphatic heterocycles. The van der Waals surface area contributed by atoms with Crippen LogP contribution < -0.4 is 0 Å². The van der Waals surface area contributed by atoms with E-state index in [0.29, 0.717) is 16.1 Å². The van der Waals surface area contributed by atoms with Gasteiger partial charge in [-0.15, -0.1) is 0 Å². The van der Waals surface area contributed by atoms with Gasteiger partial charge in [-0.05, 0) is 35.1 Å². The molecule has 14 heavy (non-hydrogen) atoms. The molecule has 0 heterocycles. The van der Waals surface area contributed by atoms with Gasteiger partial charge in [0.2, 0.25) is 0 Å². The van der Waals surface area contributed by atoms with Gasteiger partial charge in [-0.25, -0.2) is 4.39 Å². The van der Waals surface area contributed by atoms with Gasteiger partial charge in [0.15, 0.2) is 0 Å². The molecule has 0 radical (unpaired) electrons. The molecule has 0 aliphatic rings. The van der Waals surface area contributed by atoms with Crippen LogP contribution in [0.1, 0.15) is 50.7 Å². The first-order valence-electron chi connectivity index (χ1n) is 4.92. The van der Waals surface area contributed by atoms with Gasteiger partial charge >= 0.3 is 0 Å². The first-order valence-corrected chi connectivity index (χ1v) is 5.30. The highest BCUT2D eigenvalue weighted by Crippen LogP contribution is 2.29. The Bertz CT molecular complexity index is 300. The Hall–Kier alpha value is -0.560. The van der Waals surface area contributed by atoms with E-state index in [1.807, 2.05) is 27.7 Å². The van der Waals surface area contributed by atoms with Gasteiger partial charge in [0, 0.05) is 5.02 Å². The maximum atomic E-state index is 13.9. The number of hydrogen-bond acceptors (Lipinski definition) is 0. The molecule has 0 unspecified atom stereocenters. The molecule has 0 fully saturated rings. The first kappa shape index (κ1) is 11.5. The summed E-state index contributed by atoms with van der Waals surface area (Å²) in [4.78, 5) is 0. The third kappa shape index (κ3) is 2.27. The fourth-order valence-corrected chi connectivity index (χ4v) is 1.71. The van der Waals surface area contributed by atoms with Crippen LogP contribution >= 0.6 is 11.6 Å². The number of halogens is 2. The van der Waals surface area contributed by atoms with Crippen LogP contribution in [-0.2, 0) is 0 Å². The highest BCUT2D eigenvalue weighted by molar-refractivity contribution is 6.30. The average molecular weight is 215 g/mol. The van der Waals surface area contributed by atoms with Crippen molar-refractivity contribution in [3.05, 3.63) is 34.1 Å². The number of benzene rings is 1. The van der Waals surface area contributed by atoms with E-state index < -0.39 is 0 Å². The molecular formula is C12H16ClF. The van der Waals surface area contributed by atoms with E-state index in [4.69, 9.17) is 11.6 Å². The Balaban J connectivity index is 3.32. The van der Waals surface area contributed by atoms with E-state index >= 15 is 0 Å². The van der Waals surface area contributed by atoms with E-state index in [0.717, 1.165) is 0 Å². The van der Waals surface area contributed by atoms with Crippen LogP contribution in [0.2, 0.25) is 5.02 Å². The molecule has 0 spiro atoms. The minimum absolute atomic E-state index is 0.0978. The van der Waals surface area contributed by atoms with Gasteiger partial charge in [0.05, 0.1) is 0 Å². The zero-order chi connectivity index (χ0) is 10.9. The average Bonchev–Trinajstić information content (AvgIpc) is 2.07. The van der Waals surface area contributed by atoms with Crippen LogP contribution in [0.4, 0.5) is 4.39 Å². The fourth-order valence-electron chi connectivity index (χ4n) is 1.47. The summed E-state index contributed by atoms with van der Waals surface area (Å²) < 4.78 is 13.9. The van der Waals surface area contributed by atoms with Crippen LogP contribution in [0.15, 0.2) is 12.1 Å². The largest absolute Gasteiger partial charge is 0.206 e. The topological polar surface area (TPSA) is 0 Å². The van der Waals surface area contributed by atoms with Crippen molar-refractivity contribution in [2.24, 2.45) is 0 Å². The number of hydrogen-bond donors (Lipinski definition) is 0. The molecular weight excluding hydrogens is 199 g/mol. The summed E-state index contributed by atoms with van der Waals surface area (Å²) in [5, 5.41) is 0.624. The second-order valence-corrected chi connectivity index (χ2v) is 4.64. The van der Waals surface area contributed by atoms with E-state index in [1.54, 1.807) is 12.1 Å². The van der Waals surface area contributed by atoms with Crippen molar-refractivity contribution in [2.45, 2.75) is 39.5 Å². The summed E-state index contributed by atoms with van der Waals surface area (Å²) in [6, 6.07) is 3.43. The van der Waals surface area contributed by atoms with Gasteiger partial charge in [-0.2, -0.15) is 0 Å². The van der Waals surface area contributed by atoms with Crippen molar-refractivity contribution < 1.29 is 4.39 Å². The molecule has 1 aromatic carbocycles. The van der Waals surface area contributed by atoms with E-state index in [1.165, 1.54) is 0 Å². The van der Waals surface area contributed by atoms with Crippen LogP contribution in [0.5, 0.6) is 0 Å². The highest BCUT2D eigenvalue weighted by Gasteiger charge is 2.14. The van der Waals surface area contributed by atoms with Crippen LogP contribution in [0.25, 0.3) is 0 Å². The molecule has 1 rings (SSSR count). The molecule has 0 amide bonds. The van der Waals surface area contributed by atoms with Gasteiger partial charge in [-0.1, -0.05) is 39.3 Å². The Morgan fingerprint density at radius 3 is 1.64 bits per heavy atom. The van der Waals surface area contributed by atoms with E-state index in [-0.39, 0.29) is 17.7 Å². The fraction of sp³-hybridized carbons (Fsp3) is 0.500. The Labute approximate surface area is 90.1 Å². The third-order valence-electron chi connectivity index (χ3n) is 2.34. The lowest BCUT2D eigenvalue weighted by Gasteiger charge is -2.14. The van der Waals surface area contributed by atoms with Gasteiger partial charge in [0.1, 0.15) is 5.82 Å². The molecule has 0 saturated carbocycles. The molecule has 0 bridgehead atoms. The van der Waals surface area contributed by atoms with Crippen molar-refractivity contribution in [1.29, 1.82) is 0 Å². The van der Waals surface area contributed by atoms with Crippen molar-refractivity contribution in [1.82, 2.24) is 0 Å². The quantitative estimate of drug-likeness (QED) is 0.668. The minimum Gasteiger partial charge on any atom is -0.206 e. The van der Waals surface area contributed by atoms with Crippen molar-refractivity contribution in [3.63, 3.8) is 0 Å². The zero-order valence-electron chi connectivity index (χ0n) is 9.07. The Morgan fingerprint density at radius 2 is 1.36 bits per heavy atom. The second kappa shape index (κ2) is 4.31. The molecule has 0 aromatic heterocycles. The minimum atomic E-state index is -0.0978. The van der Waals surface area contributed by atoms with Gasteiger partial charge in [-0.3, -0.25) is 0 Å². The first-order chi connectivity index (χ1) is 6.43. The van der Waals surface area contributed by atoms with Gasteiger partial charge < -0.3 is 0 Å². The Morgan fingerprint density at radius 1 is 1.00 bits per heavy atom. The lowest BCUT2D eigenvalue weighted by Crippen LogP contribution is -2.00. The van der Waals surface area contributed by atoms with Crippen molar-refractivity contribution in [2.75, 3.05) is 0 Å². The SMILES string of the molecule is CC(C)c1cc(Cl)cc(C(C)C)c1F. The highest BCUT2D eigenvalue weighted by atomic mass is 35.5. The maximum absolute atomic E-state index is 13.9. The summed E-state index contributed by atoms with van der Waals surface area (Å²) >= 11 is 5.94. The Kier molecular flexibility index (Phi) is 3.54. The standard InChI is InChI=1S/C12H16ClF/c1-7(2)10-5-9(13)6-11(8(3)4)12(10)14/h5-8H,1-4H3. The molecule has 0 nitrogen and oxygen atoms in total. The summed E-state index contributed by atoms with van der Waals surface area (Å²) in [5.74, 6) is 0.247. The summed E-state index contributed by atoms with van der Waals surface area (Å²) in [6.07, 6.45) is 0. The van der Waals surface area contributed by atoms with Gasteiger partial charge in [0.25, 0.3) is 0 Å². The second-order valence-electron chi connectivity index (χ2n) is 4.21. The lowest BCUT2D eigenvalue weighted by atomic mass is 9.95. The molecule has 1 aromatic rings. The smallest absolute Gasteiger partial charge is 0.130 e. The van der Waals surface area contributed by atoms with Crippen molar-refractivity contribution >= 4 is 11.6 Å². The molecule has 2 heteroatoms. The molecule has 0 atom stereocenters. The summed E-state index contributed by atoms with van der Waals surface area (Å²) in [5.41, 5.74) is 1.42. The van der Waals surface area contributed by atoms with Crippen molar-refractivity contribution in [3.8, 4) is 0 Å². The predicted molar refractivity (Wildman–Crippen MR) is 59.6 cm³/mol. The van der Waals surface area contributed by atoms with Crippen LogP contribution in [0.3, 0.4) is 0 Å². The molecule has 0 aliphatic carbocycles. The summed E-state index contributed by atoms with van der Waals surface area (Å²) in [7, 11) is 0. The predicted octanol–water partition coefficient (Wildman–Crippen LogP) is 4.73. The molecule has 0 saturated heterocycles. The lowest BCUT2D eigenvalue weighted by molar-refractivity contribution is 0.572. The number of rotatable bonds is 2. The maximum Gasteiger partial charge on any atom is 0.130 e. The van der Waals surface area contributed by atoms with E-state index in [9.17, 15) is 4.39 Å². The zero-order valence-corrected chi connectivity index (χ0v) is 9.82. The monoisotopic (exact) mass is 214 g/mol. The molecule has 78 valence electrons. The van der Waals surface area contributed by atoms with E-state index in [2.05, 4.69) is 0 Å². The normalized spacial score (nSPS) is 11.4. The third-order valence-corrected chi connectivity index (χ3v) is 2.56. The summed E-state index contributed by atoms with van der Waals surface area (Å²) in [6.45, 7) is 7.88. The van der Waals surface area contributed by atoms with Crippen LogP contribution in [-0.4, -0.2) is 0 Å².